The normalized spacial score (nSPS) is 10.9. The Kier molecular flexibility index (Phi) is 6.62. The number of hydrogen-bond acceptors (Lipinski definition) is 7. The molecule has 0 atom stereocenters. The van der Waals surface area contributed by atoms with Crippen LogP contribution in [0.25, 0.3) is 15.9 Å². The number of benzene rings is 2. The van der Waals surface area contributed by atoms with Gasteiger partial charge in [0.05, 0.1) is 35.3 Å². The van der Waals surface area contributed by atoms with E-state index in [9.17, 15) is 14.4 Å². The first-order chi connectivity index (χ1) is 15.9. The fourth-order valence-electron chi connectivity index (χ4n) is 3.28. The van der Waals surface area contributed by atoms with Crippen LogP contribution in [0.4, 0.5) is 5.69 Å². The molecule has 1 amide bonds. The Bertz CT molecular complexity index is 1420. The van der Waals surface area contributed by atoms with E-state index in [4.69, 9.17) is 4.74 Å². The number of amides is 1. The Morgan fingerprint density at radius 1 is 1.12 bits per heavy atom. The fourth-order valence-corrected chi connectivity index (χ4v) is 4.85. The highest BCUT2D eigenvalue weighted by Gasteiger charge is 2.18. The van der Waals surface area contributed by atoms with Crippen molar-refractivity contribution in [3.8, 4) is 5.69 Å². The van der Waals surface area contributed by atoms with Gasteiger partial charge in [0.2, 0.25) is 5.91 Å². The van der Waals surface area contributed by atoms with E-state index in [0.29, 0.717) is 26.7 Å². The van der Waals surface area contributed by atoms with E-state index in [1.54, 1.807) is 34.9 Å². The van der Waals surface area contributed by atoms with Gasteiger partial charge in [0.15, 0.2) is 5.16 Å². The highest BCUT2D eigenvalue weighted by atomic mass is 32.2. The van der Waals surface area contributed by atoms with Crippen LogP contribution >= 0.6 is 23.1 Å². The van der Waals surface area contributed by atoms with Gasteiger partial charge in [0.1, 0.15) is 4.70 Å². The molecule has 0 fully saturated rings. The van der Waals surface area contributed by atoms with Gasteiger partial charge in [-0.25, -0.2) is 9.78 Å². The lowest BCUT2D eigenvalue weighted by molar-refractivity contribution is -0.113. The van der Waals surface area contributed by atoms with Crippen LogP contribution in [0, 0.1) is 13.8 Å². The topological polar surface area (TPSA) is 90.3 Å². The minimum atomic E-state index is -0.535. The van der Waals surface area contributed by atoms with Crippen molar-refractivity contribution in [2.75, 3.05) is 18.2 Å². The SMILES string of the molecule is COC(=O)c1ccccc1NC(=O)CSc1nc2ccsc2c(=O)n1-c1ccc(C)c(C)c1. The molecular weight excluding hydrogens is 458 g/mol. The molecule has 2 aromatic carbocycles. The third kappa shape index (κ3) is 4.69. The average molecular weight is 480 g/mol. The first kappa shape index (κ1) is 22.8. The quantitative estimate of drug-likeness (QED) is 0.247. The Balaban J connectivity index is 1.64. The Morgan fingerprint density at radius 2 is 1.91 bits per heavy atom. The summed E-state index contributed by atoms with van der Waals surface area (Å²) in [4.78, 5) is 42.6. The van der Waals surface area contributed by atoms with Gasteiger partial charge in [0, 0.05) is 0 Å². The predicted octanol–water partition coefficient (Wildman–Crippen LogP) is 4.58. The van der Waals surface area contributed by atoms with Gasteiger partial charge in [0.25, 0.3) is 5.56 Å². The molecule has 0 spiro atoms. The van der Waals surface area contributed by atoms with E-state index in [2.05, 4.69) is 10.3 Å². The fraction of sp³-hybridized carbons (Fsp3) is 0.167. The van der Waals surface area contributed by atoms with Crippen LogP contribution in [-0.4, -0.2) is 34.3 Å². The summed E-state index contributed by atoms with van der Waals surface area (Å²) < 4.78 is 6.89. The van der Waals surface area contributed by atoms with E-state index in [1.165, 1.54) is 18.4 Å². The molecule has 0 bridgehead atoms. The monoisotopic (exact) mass is 479 g/mol. The summed E-state index contributed by atoms with van der Waals surface area (Å²) in [6, 6.07) is 14.2. The van der Waals surface area contributed by atoms with Gasteiger partial charge in [-0.2, -0.15) is 0 Å². The van der Waals surface area contributed by atoms with Crippen LogP contribution in [0.1, 0.15) is 21.5 Å². The summed E-state index contributed by atoms with van der Waals surface area (Å²) >= 11 is 2.50. The number of nitrogens with one attached hydrogen (secondary N) is 1. The minimum Gasteiger partial charge on any atom is -0.465 e. The second-order valence-electron chi connectivity index (χ2n) is 7.31. The van der Waals surface area contributed by atoms with Crippen molar-refractivity contribution < 1.29 is 14.3 Å². The molecule has 168 valence electrons. The number of esters is 1. The van der Waals surface area contributed by atoms with Crippen LogP contribution in [-0.2, 0) is 9.53 Å². The number of anilines is 1. The summed E-state index contributed by atoms with van der Waals surface area (Å²) in [6.07, 6.45) is 0. The van der Waals surface area contributed by atoms with Gasteiger partial charge in [-0.15, -0.1) is 11.3 Å². The molecule has 1 N–H and O–H groups in total. The molecule has 0 radical (unpaired) electrons. The Hall–Kier alpha value is -3.43. The number of aryl methyl sites for hydroxylation is 2. The molecule has 0 saturated heterocycles. The van der Waals surface area contributed by atoms with Gasteiger partial charge in [-0.05, 0) is 60.7 Å². The first-order valence-electron chi connectivity index (χ1n) is 10.1. The van der Waals surface area contributed by atoms with Gasteiger partial charge >= 0.3 is 5.97 Å². The zero-order valence-electron chi connectivity index (χ0n) is 18.2. The highest BCUT2D eigenvalue weighted by molar-refractivity contribution is 7.99. The average Bonchev–Trinajstić information content (AvgIpc) is 3.29. The van der Waals surface area contributed by atoms with E-state index >= 15 is 0 Å². The van der Waals surface area contributed by atoms with Crippen molar-refractivity contribution in [3.05, 3.63) is 81.0 Å². The number of methoxy groups -OCH3 is 1. The minimum absolute atomic E-state index is 0.00241. The van der Waals surface area contributed by atoms with Gasteiger partial charge < -0.3 is 10.1 Å². The van der Waals surface area contributed by atoms with Crippen LogP contribution in [0.5, 0.6) is 0 Å². The maximum atomic E-state index is 13.3. The lowest BCUT2D eigenvalue weighted by Gasteiger charge is -2.14. The molecule has 9 heteroatoms. The Morgan fingerprint density at radius 3 is 2.67 bits per heavy atom. The molecule has 33 heavy (non-hydrogen) atoms. The molecule has 0 aliphatic heterocycles. The number of nitrogens with zero attached hydrogens (tertiary/aromatic N) is 2. The van der Waals surface area contributed by atoms with Crippen LogP contribution < -0.4 is 10.9 Å². The molecule has 4 aromatic rings. The molecule has 0 saturated carbocycles. The largest absolute Gasteiger partial charge is 0.465 e. The van der Waals surface area contributed by atoms with E-state index in [0.717, 1.165) is 22.9 Å². The van der Waals surface area contributed by atoms with E-state index in [-0.39, 0.29) is 22.8 Å². The summed E-state index contributed by atoms with van der Waals surface area (Å²) in [7, 11) is 1.29. The van der Waals surface area contributed by atoms with E-state index < -0.39 is 5.97 Å². The molecule has 2 aromatic heterocycles. The third-order valence-electron chi connectivity index (χ3n) is 5.14. The number of hydrogen-bond donors (Lipinski definition) is 1. The standard InChI is InChI=1S/C24H21N3O4S2/c1-14-8-9-16(12-15(14)2)27-22(29)21-19(10-11-32-21)26-24(27)33-13-20(28)25-18-7-5-4-6-17(18)23(30)31-3/h4-12H,13H2,1-3H3,(H,25,28). The molecule has 7 nitrogen and oxygen atoms in total. The number of carbonyl (C=O) groups excluding carboxylic acids is 2. The maximum absolute atomic E-state index is 13.3. The molecular formula is C24H21N3O4S2. The number of para-hydroxylation sites is 1. The van der Waals surface area contributed by atoms with Crippen LogP contribution in [0.15, 0.2) is 63.9 Å². The number of carbonyl (C=O) groups is 2. The first-order valence-corrected chi connectivity index (χ1v) is 11.9. The van der Waals surface area contributed by atoms with Crippen molar-refractivity contribution in [2.45, 2.75) is 19.0 Å². The molecule has 0 aliphatic rings. The van der Waals surface area contributed by atoms with E-state index in [1.807, 2.05) is 37.4 Å². The zero-order valence-corrected chi connectivity index (χ0v) is 19.9. The highest BCUT2D eigenvalue weighted by Crippen LogP contribution is 2.25. The van der Waals surface area contributed by atoms with Crippen molar-refractivity contribution >= 4 is 50.9 Å². The smallest absolute Gasteiger partial charge is 0.339 e. The molecule has 0 unspecified atom stereocenters. The van der Waals surface area contributed by atoms with Crippen molar-refractivity contribution in [1.82, 2.24) is 9.55 Å². The lowest BCUT2D eigenvalue weighted by Crippen LogP contribution is -2.22. The summed E-state index contributed by atoms with van der Waals surface area (Å²) in [5.41, 5.74) is 3.94. The second-order valence-corrected chi connectivity index (χ2v) is 9.17. The number of aromatic nitrogens is 2. The number of thioether (sulfide) groups is 1. The second kappa shape index (κ2) is 9.60. The predicted molar refractivity (Wildman–Crippen MR) is 132 cm³/mol. The van der Waals surface area contributed by atoms with Gasteiger partial charge in [-0.3, -0.25) is 14.2 Å². The number of thiophene rings is 1. The number of ether oxygens (including phenoxy) is 1. The molecule has 4 rings (SSSR count). The number of fused-ring (bicyclic) bond motifs is 1. The summed E-state index contributed by atoms with van der Waals surface area (Å²) in [6.45, 7) is 3.99. The lowest BCUT2D eigenvalue weighted by atomic mass is 10.1. The maximum Gasteiger partial charge on any atom is 0.339 e. The summed E-state index contributed by atoms with van der Waals surface area (Å²) in [5, 5.41) is 4.99. The van der Waals surface area contributed by atoms with Crippen LogP contribution in [0.2, 0.25) is 0 Å². The third-order valence-corrected chi connectivity index (χ3v) is 6.97. The molecule has 0 aliphatic carbocycles. The summed E-state index contributed by atoms with van der Waals surface area (Å²) in [5.74, 6) is -0.864. The number of rotatable bonds is 6. The van der Waals surface area contributed by atoms with Crippen molar-refractivity contribution in [1.29, 1.82) is 0 Å². The zero-order chi connectivity index (χ0) is 23.5. The Labute approximate surface area is 198 Å². The van der Waals surface area contributed by atoms with Crippen molar-refractivity contribution in [3.63, 3.8) is 0 Å². The molecule has 2 heterocycles. The van der Waals surface area contributed by atoms with Crippen molar-refractivity contribution in [2.24, 2.45) is 0 Å². The van der Waals surface area contributed by atoms with Gasteiger partial charge in [-0.1, -0.05) is 30.0 Å². The van der Waals surface area contributed by atoms with Crippen LogP contribution in [0.3, 0.4) is 0 Å².